The number of amides is 1. The molecule has 2 aromatic heterocycles. The summed E-state index contributed by atoms with van der Waals surface area (Å²) in [6.45, 7) is 4.26. The Morgan fingerprint density at radius 2 is 2.19 bits per heavy atom. The second-order valence-corrected chi connectivity index (χ2v) is 6.87. The Morgan fingerprint density at radius 3 is 2.85 bits per heavy atom. The van der Waals surface area contributed by atoms with E-state index in [0.29, 0.717) is 30.6 Å². The lowest BCUT2D eigenvalue weighted by atomic mass is 9.96. The molecule has 0 spiro atoms. The van der Waals surface area contributed by atoms with Crippen molar-refractivity contribution < 1.29 is 13.6 Å². The average molecular weight is 370 g/mol. The molecule has 144 valence electrons. The Morgan fingerprint density at radius 1 is 1.37 bits per heavy atom. The van der Waals surface area contributed by atoms with Crippen molar-refractivity contribution in [1.82, 2.24) is 10.3 Å². The Hall–Kier alpha value is -2.75. The van der Waals surface area contributed by atoms with E-state index in [1.165, 1.54) is 19.1 Å². The zero-order valence-corrected chi connectivity index (χ0v) is 15.7. The van der Waals surface area contributed by atoms with Crippen LogP contribution in [0, 0.1) is 17.2 Å². The number of hydrogen-bond acceptors (Lipinski definition) is 6. The van der Waals surface area contributed by atoms with Crippen LogP contribution in [0.2, 0.25) is 0 Å². The van der Waals surface area contributed by atoms with E-state index in [4.69, 9.17) is 8.83 Å². The Kier molecular flexibility index (Phi) is 6.53. The molecule has 1 saturated heterocycles. The summed E-state index contributed by atoms with van der Waals surface area (Å²) in [6.07, 6.45) is 7.63. The van der Waals surface area contributed by atoms with Crippen molar-refractivity contribution in [1.29, 1.82) is 5.26 Å². The molecule has 0 radical (unpaired) electrons. The van der Waals surface area contributed by atoms with Crippen molar-refractivity contribution in [2.24, 2.45) is 5.92 Å². The molecule has 0 saturated carbocycles. The van der Waals surface area contributed by atoms with Crippen LogP contribution in [0.25, 0.3) is 11.7 Å². The second-order valence-electron chi connectivity index (χ2n) is 6.87. The minimum Gasteiger partial charge on any atom is -0.459 e. The number of rotatable bonds is 8. The fourth-order valence-corrected chi connectivity index (χ4v) is 3.36. The minimum atomic E-state index is 0.0189. The predicted molar refractivity (Wildman–Crippen MR) is 101 cm³/mol. The molecular formula is C20H26N4O3. The standard InChI is InChI=1S/C20H26N4O3/c1-2-3-4-5-10-22-18(25)15-8-11-24(12-9-15)20-16(14-21)23-19(27-20)17-7-6-13-26-17/h6-7,13,15H,2-5,8-12H2,1H3,(H,22,25). The quantitative estimate of drug-likeness (QED) is 0.712. The second kappa shape index (κ2) is 9.26. The number of aromatic nitrogens is 1. The molecule has 7 heteroatoms. The van der Waals surface area contributed by atoms with Crippen LogP contribution < -0.4 is 10.2 Å². The summed E-state index contributed by atoms with van der Waals surface area (Å²) in [4.78, 5) is 18.5. The lowest BCUT2D eigenvalue weighted by molar-refractivity contribution is -0.125. The Balaban J connectivity index is 1.53. The van der Waals surface area contributed by atoms with Crippen LogP contribution >= 0.6 is 0 Å². The van der Waals surface area contributed by atoms with Crippen molar-refractivity contribution >= 4 is 11.8 Å². The van der Waals surface area contributed by atoms with Gasteiger partial charge in [-0.05, 0) is 31.4 Å². The fourth-order valence-electron chi connectivity index (χ4n) is 3.36. The maximum absolute atomic E-state index is 12.3. The molecule has 2 aromatic rings. The van der Waals surface area contributed by atoms with Crippen molar-refractivity contribution in [3.05, 3.63) is 24.1 Å². The van der Waals surface area contributed by atoms with Gasteiger partial charge in [0.1, 0.15) is 6.07 Å². The van der Waals surface area contributed by atoms with Crippen LogP contribution in [0.5, 0.6) is 0 Å². The maximum atomic E-state index is 12.3. The molecule has 0 aromatic carbocycles. The molecule has 27 heavy (non-hydrogen) atoms. The van der Waals surface area contributed by atoms with E-state index in [1.807, 2.05) is 4.90 Å². The Labute approximate surface area is 159 Å². The summed E-state index contributed by atoms with van der Waals surface area (Å²) in [6, 6.07) is 5.58. The van der Waals surface area contributed by atoms with E-state index in [0.717, 1.165) is 32.2 Å². The molecule has 0 unspecified atom stereocenters. The molecule has 1 aliphatic heterocycles. The van der Waals surface area contributed by atoms with Crippen LogP contribution in [0.15, 0.2) is 27.2 Å². The van der Waals surface area contributed by atoms with Gasteiger partial charge in [0.05, 0.1) is 6.26 Å². The van der Waals surface area contributed by atoms with Gasteiger partial charge in [-0.25, -0.2) is 0 Å². The topological polar surface area (TPSA) is 95.3 Å². The van der Waals surface area contributed by atoms with E-state index in [9.17, 15) is 10.1 Å². The third kappa shape index (κ3) is 4.70. The molecule has 3 heterocycles. The van der Waals surface area contributed by atoms with E-state index in [2.05, 4.69) is 23.3 Å². The van der Waals surface area contributed by atoms with Gasteiger partial charge in [-0.1, -0.05) is 26.2 Å². The molecule has 1 amide bonds. The number of carbonyl (C=O) groups excluding carboxylic acids is 1. The SMILES string of the molecule is CCCCCCNC(=O)C1CCN(c2oc(-c3ccco3)nc2C#N)CC1. The van der Waals surface area contributed by atoms with Gasteiger partial charge in [0.25, 0.3) is 5.89 Å². The van der Waals surface area contributed by atoms with Gasteiger partial charge in [-0.3, -0.25) is 4.79 Å². The van der Waals surface area contributed by atoms with Gasteiger partial charge in [0.2, 0.25) is 17.5 Å². The van der Waals surface area contributed by atoms with Gasteiger partial charge in [0.15, 0.2) is 5.76 Å². The van der Waals surface area contributed by atoms with Gasteiger partial charge in [0, 0.05) is 25.6 Å². The number of unbranched alkanes of at least 4 members (excludes halogenated alkanes) is 3. The van der Waals surface area contributed by atoms with Gasteiger partial charge >= 0.3 is 0 Å². The maximum Gasteiger partial charge on any atom is 0.266 e. The summed E-state index contributed by atoms with van der Waals surface area (Å²) in [5, 5.41) is 12.4. The van der Waals surface area contributed by atoms with Crippen molar-refractivity contribution in [3.8, 4) is 17.7 Å². The molecule has 0 aliphatic carbocycles. The number of oxazole rings is 1. The van der Waals surface area contributed by atoms with E-state index in [1.54, 1.807) is 12.1 Å². The molecule has 7 nitrogen and oxygen atoms in total. The van der Waals surface area contributed by atoms with Crippen molar-refractivity contribution in [2.75, 3.05) is 24.5 Å². The number of furan rings is 1. The molecule has 1 fully saturated rings. The summed E-state index contributed by atoms with van der Waals surface area (Å²) < 4.78 is 11.1. The fraction of sp³-hybridized carbons (Fsp3) is 0.550. The summed E-state index contributed by atoms with van der Waals surface area (Å²) >= 11 is 0. The van der Waals surface area contributed by atoms with Gasteiger partial charge < -0.3 is 19.1 Å². The van der Waals surface area contributed by atoms with Crippen LogP contribution in [-0.2, 0) is 4.79 Å². The number of nitrogens with one attached hydrogen (secondary N) is 1. The Bertz CT molecular complexity index is 768. The first kappa shape index (κ1) is 19.0. The number of piperidine rings is 1. The molecule has 1 aliphatic rings. The monoisotopic (exact) mass is 370 g/mol. The van der Waals surface area contributed by atoms with E-state index >= 15 is 0 Å². The van der Waals surface area contributed by atoms with Crippen LogP contribution in [0.3, 0.4) is 0 Å². The summed E-state index contributed by atoms with van der Waals surface area (Å²) in [5.74, 6) is 1.42. The number of anilines is 1. The lowest BCUT2D eigenvalue weighted by Crippen LogP contribution is -2.41. The molecule has 1 N–H and O–H groups in total. The largest absolute Gasteiger partial charge is 0.459 e. The van der Waals surface area contributed by atoms with Crippen molar-refractivity contribution in [3.63, 3.8) is 0 Å². The third-order valence-electron chi connectivity index (χ3n) is 4.93. The first-order valence-electron chi connectivity index (χ1n) is 9.70. The normalized spacial score (nSPS) is 14.9. The molecular weight excluding hydrogens is 344 g/mol. The number of nitriles is 1. The van der Waals surface area contributed by atoms with Gasteiger partial charge in [-0.15, -0.1) is 0 Å². The average Bonchev–Trinajstić information content (AvgIpc) is 3.37. The highest BCUT2D eigenvalue weighted by molar-refractivity contribution is 5.79. The third-order valence-corrected chi connectivity index (χ3v) is 4.93. The highest BCUT2D eigenvalue weighted by Crippen LogP contribution is 2.31. The van der Waals surface area contributed by atoms with E-state index < -0.39 is 0 Å². The van der Waals surface area contributed by atoms with Crippen molar-refractivity contribution in [2.45, 2.75) is 45.4 Å². The number of nitrogens with zero attached hydrogens (tertiary/aromatic N) is 3. The lowest BCUT2D eigenvalue weighted by Gasteiger charge is -2.30. The minimum absolute atomic E-state index is 0.0189. The summed E-state index contributed by atoms with van der Waals surface area (Å²) in [7, 11) is 0. The van der Waals surface area contributed by atoms with Crippen LogP contribution in [-0.4, -0.2) is 30.5 Å². The molecule has 0 bridgehead atoms. The van der Waals surface area contributed by atoms with Gasteiger partial charge in [-0.2, -0.15) is 10.2 Å². The van der Waals surface area contributed by atoms with E-state index in [-0.39, 0.29) is 17.5 Å². The molecule has 0 atom stereocenters. The smallest absolute Gasteiger partial charge is 0.266 e. The number of carbonyl (C=O) groups is 1. The highest BCUT2D eigenvalue weighted by atomic mass is 16.4. The zero-order chi connectivity index (χ0) is 19.1. The summed E-state index contributed by atoms with van der Waals surface area (Å²) in [5.41, 5.74) is 0.250. The highest BCUT2D eigenvalue weighted by Gasteiger charge is 2.29. The first-order valence-corrected chi connectivity index (χ1v) is 9.70. The van der Waals surface area contributed by atoms with Crippen LogP contribution in [0.1, 0.15) is 51.1 Å². The predicted octanol–water partition coefficient (Wildman–Crippen LogP) is 3.72. The molecule has 3 rings (SSSR count). The zero-order valence-electron chi connectivity index (χ0n) is 15.7. The van der Waals surface area contributed by atoms with Crippen LogP contribution in [0.4, 0.5) is 5.88 Å². The number of hydrogen-bond donors (Lipinski definition) is 1. The first-order chi connectivity index (χ1) is 13.2.